The van der Waals surface area contributed by atoms with Crippen molar-refractivity contribution in [2.45, 2.75) is 39.9 Å². The number of carbonyl (C=O) groups is 2. The van der Waals surface area contributed by atoms with E-state index in [0.29, 0.717) is 22.4 Å². The fourth-order valence-electron chi connectivity index (χ4n) is 2.40. The molecular weight excluding hydrogens is 389 g/mol. The summed E-state index contributed by atoms with van der Waals surface area (Å²) in [5, 5.41) is 5.30. The van der Waals surface area contributed by atoms with Crippen molar-refractivity contribution < 1.29 is 27.5 Å². The number of halogens is 3. The molecule has 10 heteroatoms. The Morgan fingerprint density at radius 2 is 1.90 bits per heavy atom. The SMILES string of the molecule is CCC(=O)Nc1cc(C(=O)NCc2cnc(OCC(F)(F)F)c(C)c2)cc(C)n1. The number of nitrogens with one attached hydrogen (secondary N) is 2. The van der Waals surface area contributed by atoms with Gasteiger partial charge >= 0.3 is 6.18 Å². The standard InChI is InChI=1S/C19H21F3N4O3/c1-4-16(27)26-15-7-14(6-12(3)25-15)17(28)23-8-13-5-11(2)18(24-9-13)29-10-19(20,21)22/h5-7,9H,4,8,10H2,1-3H3,(H,23,28)(H,25,26,27). The van der Waals surface area contributed by atoms with Crippen LogP contribution in [-0.4, -0.2) is 34.6 Å². The summed E-state index contributed by atoms with van der Waals surface area (Å²) in [6.45, 7) is 3.66. The van der Waals surface area contributed by atoms with Gasteiger partial charge in [0.25, 0.3) is 5.91 Å². The summed E-state index contributed by atoms with van der Waals surface area (Å²) in [6, 6.07) is 4.63. The van der Waals surface area contributed by atoms with Gasteiger partial charge in [0.15, 0.2) is 6.61 Å². The van der Waals surface area contributed by atoms with E-state index < -0.39 is 18.7 Å². The zero-order valence-electron chi connectivity index (χ0n) is 16.2. The number of nitrogens with zero attached hydrogens (tertiary/aromatic N) is 2. The Balaban J connectivity index is 2.02. The number of aromatic nitrogens is 2. The second-order valence-electron chi connectivity index (χ2n) is 6.34. The molecule has 0 fully saturated rings. The van der Waals surface area contributed by atoms with Crippen molar-refractivity contribution in [3.63, 3.8) is 0 Å². The average molecular weight is 410 g/mol. The number of rotatable bonds is 7. The molecule has 0 bridgehead atoms. The monoisotopic (exact) mass is 410 g/mol. The van der Waals surface area contributed by atoms with E-state index in [0.717, 1.165) is 0 Å². The zero-order valence-corrected chi connectivity index (χ0v) is 16.2. The largest absolute Gasteiger partial charge is 0.468 e. The van der Waals surface area contributed by atoms with Crippen LogP contribution in [0, 0.1) is 13.8 Å². The molecule has 0 aromatic carbocycles. The van der Waals surface area contributed by atoms with Crippen molar-refractivity contribution in [3.8, 4) is 5.88 Å². The third-order valence-corrected chi connectivity index (χ3v) is 3.72. The molecule has 0 aliphatic heterocycles. The maximum absolute atomic E-state index is 12.4. The molecule has 0 aliphatic carbocycles. The number of alkyl halides is 3. The Hall–Kier alpha value is -3.17. The van der Waals surface area contributed by atoms with E-state index in [2.05, 4.69) is 25.3 Å². The minimum Gasteiger partial charge on any atom is -0.468 e. The summed E-state index contributed by atoms with van der Waals surface area (Å²) in [6.07, 6.45) is -2.82. The summed E-state index contributed by atoms with van der Waals surface area (Å²) < 4.78 is 41.4. The average Bonchev–Trinajstić information content (AvgIpc) is 2.64. The third-order valence-electron chi connectivity index (χ3n) is 3.72. The summed E-state index contributed by atoms with van der Waals surface area (Å²) in [5.74, 6) is -0.439. The lowest BCUT2D eigenvalue weighted by Crippen LogP contribution is -2.24. The van der Waals surface area contributed by atoms with Crippen molar-refractivity contribution in [2.24, 2.45) is 0 Å². The highest BCUT2D eigenvalue weighted by molar-refractivity contribution is 5.96. The number of pyridine rings is 2. The lowest BCUT2D eigenvalue weighted by atomic mass is 10.2. The van der Waals surface area contributed by atoms with Gasteiger partial charge in [-0.05, 0) is 37.6 Å². The number of ether oxygens (including phenoxy) is 1. The molecule has 0 atom stereocenters. The van der Waals surface area contributed by atoms with Gasteiger partial charge in [0, 0.05) is 36.0 Å². The number of aryl methyl sites for hydroxylation is 2. The summed E-state index contributed by atoms with van der Waals surface area (Å²) >= 11 is 0. The smallest absolute Gasteiger partial charge is 0.422 e. The summed E-state index contributed by atoms with van der Waals surface area (Å²) in [7, 11) is 0. The first-order valence-electron chi connectivity index (χ1n) is 8.79. The predicted molar refractivity (Wildman–Crippen MR) is 99.6 cm³/mol. The van der Waals surface area contributed by atoms with Gasteiger partial charge in [-0.1, -0.05) is 6.92 Å². The number of hydrogen-bond acceptors (Lipinski definition) is 5. The normalized spacial score (nSPS) is 11.1. The van der Waals surface area contributed by atoms with E-state index in [1.807, 2.05) is 0 Å². The van der Waals surface area contributed by atoms with Gasteiger partial charge in [0.2, 0.25) is 11.8 Å². The highest BCUT2D eigenvalue weighted by Crippen LogP contribution is 2.20. The Morgan fingerprint density at radius 1 is 1.17 bits per heavy atom. The number of hydrogen-bond donors (Lipinski definition) is 2. The van der Waals surface area contributed by atoms with Crippen molar-refractivity contribution in [1.29, 1.82) is 0 Å². The van der Waals surface area contributed by atoms with E-state index >= 15 is 0 Å². The van der Waals surface area contributed by atoms with E-state index in [9.17, 15) is 22.8 Å². The lowest BCUT2D eigenvalue weighted by Gasteiger charge is -2.12. The number of carbonyl (C=O) groups excluding carboxylic acids is 2. The van der Waals surface area contributed by atoms with Crippen LogP contribution in [0.3, 0.4) is 0 Å². The maximum Gasteiger partial charge on any atom is 0.422 e. The van der Waals surface area contributed by atoms with Crippen LogP contribution in [0.2, 0.25) is 0 Å². The van der Waals surface area contributed by atoms with E-state index in [-0.39, 0.29) is 30.6 Å². The van der Waals surface area contributed by atoms with E-state index in [1.54, 1.807) is 32.9 Å². The molecule has 0 saturated carbocycles. The number of amides is 2. The molecule has 7 nitrogen and oxygen atoms in total. The predicted octanol–water partition coefficient (Wildman–Crippen LogP) is 3.31. The van der Waals surface area contributed by atoms with Gasteiger partial charge in [0.05, 0.1) is 0 Å². The third kappa shape index (κ3) is 7.05. The molecule has 2 amide bonds. The molecule has 2 aromatic rings. The van der Waals surface area contributed by atoms with Crippen LogP contribution in [-0.2, 0) is 11.3 Å². The minimum absolute atomic E-state index is 0.113. The molecule has 2 rings (SSSR count). The van der Waals surface area contributed by atoms with Crippen LogP contribution in [0.15, 0.2) is 24.4 Å². The maximum atomic E-state index is 12.4. The van der Waals surface area contributed by atoms with E-state index in [4.69, 9.17) is 0 Å². The second kappa shape index (κ2) is 9.35. The van der Waals surface area contributed by atoms with Crippen molar-refractivity contribution in [2.75, 3.05) is 11.9 Å². The first kappa shape index (κ1) is 22.1. The molecule has 156 valence electrons. The minimum atomic E-state index is -4.45. The number of anilines is 1. The van der Waals surface area contributed by atoms with Crippen molar-refractivity contribution in [3.05, 3.63) is 46.8 Å². The molecule has 2 heterocycles. The second-order valence-corrected chi connectivity index (χ2v) is 6.34. The van der Waals surface area contributed by atoms with Gasteiger partial charge in [-0.15, -0.1) is 0 Å². The molecule has 0 unspecified atom stereocenters. The topological polar surface area (TPSA) is 93.2 Å². The Bertz CT molecular complexity index is 901. The summed E-state index contributed by atoms with van der Waals surface area (Å²) in [5.41, 5.74) is 1.90. The highest BCUT2D eigenvalue weighted by Gasteiger charge is 2.29. The van der Waals surface area contributed by atoms with Gasteiger partial charge in [0.1, 0.15) is 5.82 Å². The van der Waals surface area contributed by atoms with Gasteiger partial charge in [-0.25, -0.2) is 9.97 Å². The fourth-order valence-corrected chi connectivity index (χ4v) is 2.40. The Kier molecular flexibility index (Phi) is 7.13. The Morgan fingerprint density at radius 3 is 2.52 bits per heavy atom. The lowest BCUT2D eigenvalue weighted by molar-refractivity contribution is -0.154. The quantitative estimate of drug-likeness (QED) is 0.731. The molecule has 0 spiro atoms. The molecule has 2 N–H and O–H groups in total. The van der Waals surface area contributed by atoms with Crippen LogP contribution in [0.4, 0.5) is 19.0 Å². The molecule has 2 aromatic heterocycles. The first-order chi connectivity index (χ1) is 13.6. The highest BCUT2D eigenvalue weighted by atomic mass is 19.4. The van der Waals surface area contributed by atoms with Crippen molar-refractivity contribution >= 4 is 17.6 Å². The van der Waals surface area contributed by atoms with Crippen LogP contribution >= 0.6 is 0 Å². The molecule has 0 radical (unpaired) electrons. The molecule has 0 saturated heterocycles. The van der Waals surface area contributed by atoms with Crippen LogP contribution in [0.1, 0.15) is 40.5 Å². The van der Waals surface area contributed by atoms with Gasteiger partial charge in [-0.3, -0.25) is 9.59 Å². The van der Waals surface area contributed by atoms with E-state index in [1.165, 1.54) is 12.3 Å². The van der Waals surface area contributed by atoms with Gasteiger partial charge < -0.3 is 15.4 Å². The first-order valence-corrected chi connectivity index (χ1v) is 8.79. The zero-order chi connectivity index (χ0) is 21.6. The molecule has 29 heavy (non-hydrogen) atoms. The molecule has 0 aliphatic rings. The fraction of sp³-hybridized carbons (Fsp3) is 0.368. The van der Waals surface area contributed by atoms with Crippen molar-refractivity contribution in [1.82, 2.24) is 15.3 Å². The van der Waals surface area contributed by atoms with Crippen LogP contribution < -0.4 is 15.4 Å². The summed E-state index contributed by atoms with van der Waals surface area (Å²) in [4.78, 5) is 32.0. The van der Waals surface area contributed by atoms with Crippen LogP contribution in [0.5, 0.6) is 5.88 Å². The van der Waals surface area contributed by atoms with Crippen LogP contribution in [0.25, 0.3) is 0 Å². The van der Waals surface area contributed by atoms with Gasteiger partial charge in [-0.2, -0.15) is 13.2 Å². The Labute approximate surface area is 165 Å². The molecular formula is C19H21F3N4O3.